The summed E-state index contributed by atoms with van der Waals surface area (Å²) in [5.74, 6) is 0.590. The van der Waals surface area contributed by atoms with Gasteiger partial charge in [0.2, 0.25) is 5.91 Å². The van der Waals surface area contributed by atoms with Crippen molar-refractivity contribution >= 4 is 5.91 Å². The highest BCUT2D eigenvalue weighted by Gasteiger charge is 2.16. The third-order valence-electron chi connectivity index (χ3n) is 4.10. The first kappa shape index (κ1) is 14.8. The number of nitrogens with one attached hydrogen (secondary N) is 1. The van der Waals surface area contributed by atoms with E-state index < -0.39 is 0 Å². The number of nitrogens with zero attached hydrogens (tertiary/aromatic N) is 3. The van der Waals surface area contributed by atoms with Gasteiger partial charge in [-0.25, -0.2) is 9.67 Å². The van der Waals surface area contributed by atoms with Gasteiger partial charge >= 0.3 is 0 Å². The smallest absolute Gasteiger partial charge is 0.227 e. The van der Waals surface area contributed by atoms with E-state index in [9.17, 15) is 4.79 Å². The SMILES string of the molecule is O=C(Cc1ncn(-c2ccccc2)n1)NC1CCCCCC1. The molecule has 5 heteroatoms. The predicted octanol–water partition coefficient (Wildman–Crippen LogP) is 2.65. The van der Waals surface area contributed by atoms with Crippen LogP contribution in [-0.4, -0.2) is 26.7 Å². The van der Waals surface area contributed by atoms with Crippen LogP contribution in [0, 0.1) is 0 Å². The fraction of sp³-hybridized carbons (Fsp3) is 0.471. The maximum Gasteiger partial charge on any atom is 0.227 e. The van der Waals surface area contributed by atoms with Crippen molar-refractivity contribution in [2.75, 3.05) is 0 Å². The van der Waals surface area contributed by atoms with Gasteiger partial charge < -0.3 is 5.32 Å². The highest BCUT2D eigenvalue weighted by Crippen LogP contribution is 2.17. The third-order valence-corrected chi connectivity index (χ3v) is 4.10. The fourth-order valence-corrected chi connectivity index (χ4v) is 2.93. The van der Waals surface area contributed by atoms with Crippen molar-refractivity contribution in [3.8, 4) is 5.69 Å². The second kappa shape index (κ2) is 7.20. The average Bonchev–Trinajstić information content (AvgIpc) is 2.84. The Morgan fingerprint density at radius 2 is 1.86 bits per heavy atom. The minimum atomic E-state index is 0.0257. The first-order valence-corrected chi connectivity index (χ1v) is 8.06. The average molecular weight is 298 g/mol. The Morgan fingerprint density at radius 1 is 1.14 bits per heavy atom. The van der Waals surface area contributed by atoms with E-state index in [0.717, 1.165) is 18.5 Å². The Balaban J connectivity index is 1.56. The molecule has 1 N–H and O–H groups in total. The Bertz CT molecular complexity index is 600. The van der Waals surface area contributed by atoms with Crippen molar-refractivity contribution in [2.24, 2.45) is 0 Å². The molecule has 1 aliphatic carbocycles. The van der Waals surface area contributed by atoms with Crippen LogP contribution in [0.4, 0.5) is 0 Å². The van der Waals surface area contributed by atoms with Crippen LogP contribution < -0.4 is 5.32 Å². The van der Waals surface area contributed by atoms with Gasteiger partial charge in [-0.2, -0.15) is 5.10 Å². The van der Waals surface area contributed by atoms with E-state index in [1.165, 1.54) is 25.7 Å². The van der Waals surface area contributed by atoms with E-state index >= 15 is 0 Å². The summed E-state index contributed by atoms with van der Waals surface area (Å²) in [6, 6.07) is 10.1. The summed E-state index contributed by atoms with van der Waals surface area (Å²) >= 11 is 0. The summed E-state index contributed by atoms with van der Waals surface area (Å²) in [5.41, 5.74) is 0.949. The van der Waals surface area contributed by atoms with Crippen LogP contribution in [0.1, 0.15) is 44.3 Å². The monoisotopic (exact) mass is 298 g/mol. The lowest BCUT2D eigenvalue weighted by molar-refractivity contribution is -0.121. The molecule has 0 radical (unpaired) electrons. The molecule has 0 aliphatic heterocycles. The molecular formula is C17H22N4O. The van der Waals surface area contributed by atoms with E-state index in [0.29, 0.717) is 11.9 Å². The Hall–Kier alpha value is -2.17. The zero-order valence-electron chi connectivity index (χ0n) is 12.7. The summed E-state index contributed by atoms with van der Waals surface area (Å²) in [5, 5.41) is 7.50. The van der Waals surface area contributed by atoms with Crippen LogP contribution in [-0.2, 0) is 11.2 Å². The molecule has 1 heterocycles. The molecule has 1 aromatic heterocycles. The molecule has 1 aromatic carbocycles. The van der Waals surface area contributed by atoms with Gasteiger partial charge in [0.25, 0.3) is 0 Å². The minimum Gasteiger partial charge on any atom is -0.353 e. The maximum absolute atomic E-state index is 12.1. The molecule has 0 unspecified atom stereocenters. The van der Waals surface area contributed by atoms with E-state index in [1.54, 1.807) is 11.0 Å². The Kier molecular flexibility index (Phi) is 4.83. The topological polar surface area (TPSA) is 59.8 Å². The van der Waals surface area contributed by atoms with Crippen LogP contribution in [0.3, 0.4) is 0 Å². The van der Waals surface area contributed by atoms with Crippen LogP contribution in [0.2, 0.25) is 0 Å². The minimum absolute atomic E-state index is 0.0257. The van der Waals surface area contributed by atoms with E-state index in [4.69, 9.17) is 0 Å². The zero-order valence-corrected chi connectivity index (χ0v) is 12.7. The molecule has 1 fully saturated rings. The number of rotatable bonds is 4. The molecule has 1 saturated carbocycles. The summed E-state index contributed by atoms with van der Waals surface area (Å²) in [4.78, 5) is 16.4. The molecule has 1 aliphatic rings. The van der Waals surface area contributed by atoms with Crippen molar-refractivity contribution < 1.29 is 4.79 Å². The van der Waals surface area contributed by atoms with E-state index in [1.807, 2.05) is 30.3 Å². The second-order valence-corrected chi connectivity index (χ2v) is 5.87. The van der Waals surface area contributed by atoms with Gasteiger partial charge in [0.15, 0.2) is 5.82 Å². The second-order valence-electron chi connectivity index (χ2n) is 5.87. The first-order valence-electron chi connectivity index (χ1n) is 8.06. The molecule has 0 saturated heterocycles. The number of amides is 1. The van der Waals surface area contributed by atoms with Crippen LogP contribution in [0.25, 0.3) is 5.69 Å². The molecule has 5 nitrogen and oxygen atoms in total. The van der Waals surface area contributed by atoms with Crippen molar-refractivity contribution in [2.45, 2.75) is 51.0 Å². The van der Waals surface area contributed by atoms with Gasteiger partial charge in [-0.05, 0) is 25.0 Å². The fourth-order valence-electron chi connectivity index (χ4n) is 2.93. The standard InChI is InChI=1S/C17H22N4O/c22-17(19-14-8-4-1-2-5-9-14)12-16-18-13-21(20-16)15-10-6-3-7-11-15/h3,6-7,10-11,13-14H,1-2,4-5,8-9,12H2,(H,19,22). The molecular weight excluding hydrogens is 276 g/mol. The largest absolute Gasteiger partial charge is 0.353 e. The first-order chi connectivity index (χ1) is 10.8. The van der Waals surface area contributed by atoms with Gasteiger partial charge in [-0.15, -0.1) is 0 Å². The van der Waals surface area contributed by atoms with E-state index in [-0.39, 0.29) is 12.3 Å². The van der Waals surface area contributed by atoms with E-state index in [2.05, 4.69) is 15.4 Å². The summed E-state index contributed by atoms with van der Waals surface area (Å²) in [6.07, 6.45) is 9.09. The number of benzene rings is 1. The third kappa shape index (κ3) is 3.93. The zero-order chi connectivity index (χ0) is 15.2. The number of hydrogen-bond donors (Lipinski definition) is 1. The predicted molar refractivity (Wildman–Crippen MR) is 84.7 cm³/mol. The lowest BCUT2D eigenvalue weighted by Gasteiger charge is -2.15. The van der Waals surface area contributed by atoms with Crippen molar-refractivity contribution in [3.05, 3.63) is 42.5 Å². The number of carbonyl (C=O) groups excluding carboxylic acids is 1. The van der Waals surface area contributed by atoms with Gasteiger partial charge in [0.05, 0.1) is 12.1 Å². The number of carbonyl (C=O) groups is 1. The van der Waals surface area contributed by atoms with Crippen molar-refractivity contribution in [3.63, 3.8) is 0 Å². The van der Waals surface area contributed by atoms with Gasteiger partial charge in [-0.3, -0.25) is 4.79 Å². The molecule has 1 amide bonds. The molecule has 0 bridgehead atoms. The summed E-state index contributed by atoms with van der Waals surface area (Å²) in [6.45, 7) is 0. The van der Waals surface area contributed by atoms with Gasteiger partial charge in [0, 0.05) is 6.04 Å². The lowest BCUT2D eigenvalue weighted by atomic mass is 10.1. The van der Waals surface area contributed by atoms with Crippen LogP contribution >= 0.6 is 0 Å². The normalized spacial score (nSPS) is 16.2. The molecule has 3 rings (SSSR count). The molecule has 22 heavy (non-hydrogen) atoms. The molecule has 2 aromatic rings. The summed E-state index contributed by atoms with van der Waals surface area (Å²) < 4.78 is 1.70. The summed E-state index contributed by atoms with van der Waals surface area (Å²) in [7, 11) is 0. The maximum atomic E-state index is 12.1. The molecule has 116 valence electrons. The molecule has 0 atom stereocenters. The number of hydrogen-bond acceptors (Lipinski definition) is 3. The highest BCUT2D eigenvalue weighted by atomic mass is 16.1. The van der Waals surface area contributed by atoms with Crippen molar-refractivity contribution in [1.82, 2.24) is 20.1 Å². The number of para-hydroxylation sites is 1. The molecule has 0 spiro atoms. The van der Waals surface area contributed by atoms with Gasteiger partial charge in [0.1, 0.15) is 6.33 Å². The van der Waals surface area contributed by atoms with Crippen LogP contribution in [0.5, 0.6) is 0 Å². The highest BCUT2D eigenvalue weighted by molar-refractivity contribution is 5.78. The Labute approximate surface area is 130 Å². The van der Waals surface area contributed by atoms with Gasteiger partial charge in [-0.1, -0.05) is 43.9 Å². The van der Waals surface area contributed by atoms with Crippen LogP contribution in [0.15, 0.2) is 36.7 Å². The number of aromatic nitrogens is 3. The van der Waals surface area contributed by atoms with Crippen molar-refractivity contribution in [1.29, 1.82) is 0 Å². The quantitative estimate of drug-likeness (QED) is 0.883. The Morgan fingerprint density at radius 3 is 2.59 bits per heavy atom. The lowest BCUT2D eigenvalue weighted by Crippen LogP contribution is -2.35.